The summed E-state index contributed by atoms with van der Waals surface area (Å²) < 4.78 is 12.4. The van der Waals surface area contributed by atoms with Gasteiger partial charge >= 0.3 is 0 Å². The third kappa shape index (κ3) is 3.24. The summed E-state index contributed by atoms with van der Waals surface area (Å²) in [6.07, 6.45) is 0. The van der Waals surface area contributed by atoms with Crippen LogP contribution in [0.25, 0.3) is 0 Å². The van der Waals surface area contributed by atoms with Crippen molar-refractivity contribution >= 4 is 16.5 Å². The van der Waals surface area contributed by atoms with Crippen molar-refractivity contribution < 1.29 is 4.21 Å². The smallest absolute Gasteiger partial charge is 0.0575 e. The van der Waals surface area contributed by atoms with E-state index >= 15 is 0 Å². The van der Waals surface area contributed by atoms with E-state index in [2.05, 4.69) is 32.9 Å². The lowest BCUT2D eigenvalue weighted by Crippen LogP contribution is -2.02. The van der Waals surface area contributed by atoms with Crippen LogP contribution in [-0.4, -0.2) is 4.21 Å². The first-order valence-electron chi connectivity index (χ1n) is 6.28. The largest absolute Gasteiger partial charge is 0.399 e. The zero-order valence-corrected chi connectivity index (χ0v) is 12.4. The van der Waals surface area contributed by atoms with Gasteiger partial charge < -0.3 is 5.73 Å². The number of anilines is 1. The van der Waals surface area contributed by atoms with E-state index in [-0.39, 0.29) is 0 Å². The molecule has 3 heteroatoms. The standard InChI is InChI=1S/C16H19NOS/c1-11-7-12(2)16(13(3)8-11)10-19(18)15-6-4-5-14(17)9-15/h4-9H,10,17H2,1-3H3. The molecular weight excluding hydrogens is 254 g/mol. The number of nitrogens with two attached hydrogens (primary N) is 1. The van der Waals surface area contributed by atoms with Crippen LogP contribution < -0.4 is 5.73 Å². The fourth-order valence-corrected chi connectivity index (χ4v) is 3.69. The molecule has 0 fully saturated rings. The molecular formula is C16H19NOS. The van der Waals surface area contributed by atoms with E-state index in [0.717, 1.165) is 4.90 Å². The molecule has 0 aromatic heterocycles. The molecule has 0 radical (unpaired) electrons. The number of hydrogen-bond donors (Lipinski definition) is 1. The number of aryl methyl sites for hydroxylation is 3. The van der Waals surface area contributed by atoms with Crippen LogP contribution >= 0.6 is 0 Å². The Bertz CT molecular complexity index is 611. The Morgan fingerprint density at radius 1 is 1.05 bits per heavy atom. The Kier molecular flexibility index (Phi) is 4.05. The van der Waals surface area contributed by atoms with E-state index in [1.54, 1.807) is 6.07 Å². The van der Waals surface area contributed by atoms with E-state index in [9.17, 15) is 4.21 Å². The summed E-state index contributed by atoms with van der Waals surface area (Å²) in [6, 6.07) is 11.6. The first kappa shape index (κ1) is 13.8. The Morgan fingerprint density at radius 3 is 2.26 bits per heavy atom. The monoisotopic (exact) mass is 273 g/mol. The molecule has 0 saturated heterocycles. The fraction of sp³-hybridized carbons (Fsp3) is 0.250. The highest BCUT2D eigenvalue weighted by Gasteiger charge is 2.10. The zero-order chi connectivity index (χ0) is 14.0. The molecule has 0 bridgehead atoms. The summed E-state index contributed by atoms with van der Waals surface area (Å²) in [6.45, 7) is 6.23. The summed E-state index contributed by atoms with van der Waals surface area (Å²) >= 11 is 0. The van der Waals surface area contributed by atoms with Crippen LogP contribution in [0.1, 0.15) is 22.3 Å². The van der Waals surface area contributed by atoms with Gasteiger partial charge in [-0.1, -0.05) is 23.8 Å². The van der Waals surface area contributed by atoms with Crippen LogP contribution in [-0.2, 0) is 16.6 Å². The second-order valence-corrected chi connectivity index (χ2v) is 6.39. The van der Waals surface area contributed by atoms with Gasteiger partial charge in [0.15, 0.2) is 0 Å². The Balaban J connectivity index is 2.29. The molecule has 0 heterocycles. The van der Waals surface area contributed by atoms with Crippen molar-refractivity contribution in [3.8, 4) is 0 Å². The van der Waals surface area contributed by atoms with Crippen molar-refractivity contribution in [1.29, 1.82) is 0 Å². The van der Waals surface area contributed by atoms with Gasteiger partial charge in [0.1, 0.15) is 0 Å². The molecule has 2 N–H and O–H groups in total. The first-order chi connectivity index (χ1) is 8.97. The van der Waals surface area contributed by atoms with Gasteiger partial charge in [-0.2, -0.15) is 0 Å². The Hall–Kier alpha value is -1.61. The van der Waals surface area contributed by atoms with Crippen LogP contribution in [0.15, 0.2) is 41.3 Å². The molecule has 2 aromatic rings. The van der Waals surface area contributed by atoms with E-state index in [0.29, 0.717) is 11.4 Å². The molecule has 2 nitrogen and oxygen atoms in total. The van der Waals surface area contributed by atoms with Gasteiger partial charge in [-0.25, -0.2) is 0 Å². The summed E-state index contributed by atoms with van der Waals surface area (Å²) in [4.78, 5) is 0.791. The molecule has 1 atom stereocenters. The number of hydrogen-bond acceptors (Lipinski definition) is 2. The topological polar surface area (TPSA) is 43.1 Å². The maximum Gasteiger partial charge on any atom is 0.0575 e. The van der Waals surface area contributed by atoms with Crippen LogP contribution in [0.4, 0.5) is 5.69 Å². The average Bonchev–Trinajstić information content (AvgIpc) is 2.33. The molecule has 0 aliphatic rings. The van der Waals surface area contributed by atoms with Crippen LogP contribution in [0.3, 0.4) is 0 Å². The number of nitrogen functional groups attached to an aromatic ring is 1. The van der Waals surface area contributed by atoms with Crippen molar-refractivity contribution in [3.63, 3.8) is 0 Å². The van der Waals surface area contributed by atoms with Gasteiger partial charge in [0.25, 0.3) is 0 Å². The van der Waals surface area contributed by atoms with E-state index in [4.69, 9.17) is 5.73 Å². The molecule has 100 valence electrons. The predicted molar refractivity (Wildman–Crippen MR) is 81.6 cm³/mol. The third-order valence-electron chi connectivity index (χ3n) is 3.24. The SMILES string of the molecule is Cc1cc(C)c(CS(=O)c2cccc(N)c2)c(C)c1. The summed E-state index contributed by atoms with van der Waals surface area (Å²) in [5.74, 6) is 0.543. The predicted octanol–water partition coefficient (Wildman–Crippen LogP) is 3.50. The molecule has 0 saturated carbocycles. The zero-order valence-electron chi connectivity index (χ0n) is 11.6. The number of rotatable bonds is 3. The van der Waals surface area contributed by atoms with Gasteiger partial charge in [0.2, 0.25) is 0 Å². The lowest BCUT2D eigenvalue weighted by Gasteiger charge is -2.11. The van der Waals surface area contributed by atoms with Crippen molar-refractivity contribution in [2.75, 3.05) is 5.73 Å². The quantitative estimate of drug-likeness (QED) is 0.870. The van der Waals surface area contributed by atoms with Crippen LogP contribution in [0, 0.1) is 20.8 Å². The third-order valence-corrected chi connectivity index (χ3v) is 4.57. The highest BCUT2D eigenvalue weighted by atomic mass is 32.2. The number of benzene rings is 2. The molecule has 0 aliphatic heterocycles. The first-order valence-corrected chi connectivity index (χ1v) is 7.60. The minimum atomic E-state index is -1.05. The highest BCUT2D eigenvalue weighted by Crippen LogP contribution is 2.21. The molecule has 1 unspecified atom stereocenters. The maximum absolute atomic E-state index is 12.4. The van der Waals surface area contributed by atoms with Crippen molar-refractivity contribution in [2.24, 2.45) is 0 Å². The second-order valence-electron chi connectivity index (χ2n) is 4.94. The molecule has 2 rings (SSSR count). The molecule has 0 amide bonds. The summed E-state index contributed by atoms with van der Waals surface area (Å²) in [7, 11) is -1.05. The van der Waals surface area contributed by atoms with Gasteiger partial charge in [-0.05, 0) is 55.7 Å². The van der Waals surface area contributed by atoms with Crippen molar-refractivity contribution in [1.82, 2.24) is 0 Å². The highest BCUT2D eigenvalue weighted by molar-refractivity contribution is 7.84. The fourth-order valence-electron chi connectivity index (χ4n) is 2.31. The lowest BCUT2D eigenvalue weighted by atomic mass is 10.0. The van der Waals surface area contributed by atoms with E-state index in [1.165, 1.54) is 22.3 Å². The Morgan fingerprint density at radius 2 is 1.68 bits per heavy atom. The molecule has 19 heavy (non-hydrogen) atoms. The van der Waals surface area contributed by atoms with E-state index in [1.807, 2.05) is 18.2 Å². The molecule has 0 spiro atoms. The van der Waals surface area contributed by atoms with E-state index < -0.39 is 10.8 Å². The Labute approximate surface area is 117 Å². The van der Waals surface area contributed by atoms with Crippen LogP contribution in [0.2, 0.25) is 0 Å². The average molecular weight is 273 g/mol. The van der Waals surface area contributed by atoms with Gasteiger partial charge in [-0.3, -0.25) is 4.21 Å². The minimum Gasteiger partial charge on any atom is -0.399 e. The minimum absolute atomic E-state index is 0.543. The van der Waals surface area contributed by atoms with Gasteiger partial charge in [-0.15, -0.1) is 0 Å². The summed E-state index contributed by atoms with van der Waals surface area (Å²) in [5, 5.41) is 0. The van der Waals surface area contributed by atoms with Gasteiger partial charge in [0.05, 0.1) is 16.6 Å². The lowest BCUT2D eigenvalue weighted by molar-refractivity contribution is 0.682. The van der Waals surface area contributed by atoms with Crippen LogP contribution in [0.5, 0.6) is 0 Å². The summed E-state index contributed by atoms with van der Waals surface area (Å²) in [5.41, 5.74) is 11.2. The normalized spacial score (nSPS) is 12.4. The second kappa shape index (κ2) is 5.57. The maximum atomic E-state index is 12.4. The molecule has 2 aromatic carbocycles. The molecule has 0 aliphatic carbocycles. The van der Waals surface area contributed by atoms with Crippen molar-refractivity contribution in [3.05, 3.63) is 58.7 Å². The van der Waals surface area contributed by atoms with Gasteiger partial charge in [0, 0.05) is 10.6 Å². The van der Waals surface area contributed by atoms with Crippen molar-refractivity contribution in [2.45, 2.75) is 31.4 Å².